The number of carbonyl (C=O) groups excluding carboxylic acids is 2. The summed E-state index contributed by atoms with van der Waals surface area (Å²) in [6, 6.07) is 0. The van der Waals surface area contributed by atoms with Gasteiger partial charge in [0, 0.05) is 44.3 Å². The van der Waals surface area contributed by atoms with E-state index in [0.29, 0.717) is 12.8 Å². The molecule has 2 atom stereocenters. The second kappa shape index (κ2) is 6.99. The molecule has 0 heterocycles. The van der Waals surface area contributed by atoms with Crippen LogP contribution in [0.3, 0.4) is 0 Å². The highest BCUT2D eigenvalue weighted by Gasteiger charge is 2.49. The van der Waals surface area contributed by atoms with Gasteiger partial charge in [-0.3, -0.25) is 9.59 Å². The number of carbonyl (C=O) groups is 2. The lowest BCUT2D eigenvalue weighted by Crippen LogP contribution is -2.05. The monoisotopic (exact) mass is 346 g/mol. The summed E-state index contributed by atoms with van der Waals surface area (Å²) in [5.74, 6) is 0.721. The predicted molar refractivity (Wildman–Crippen MR) is 94.3 cm³/mol. The largest absolute Gasteiger partial charge is 0.294 e. The molecule has 0 aromatic heterocycles. The third-order valence-electron chi connectivity index (χ3n) is 3.82. The van der Waals surface area contributed by atoms with Crippen molar-refractivity contribution in [3.05, 3.63) is 19.6 Å². The normalized spacial score (nSPS) is 25.4. The van der Waals surface area contributed by atoms with E-state index in [9.17, 15) is 9.59 Å². The molecule has 0 spiro atoms. The van der Waals surface area contributed by atoms with Crippen molar-refractivity contribution in [3.63, 3.8) is 0 Å². The summed E-state index contributed by atoms with van der Waals surface area (Å²) >= 11 is 6.50. The number of ketones is 2. The van der Waals surface area contributed by atoms with Crippen LogP contribution in [-0.2, 0) is 9.59 Å². The lowest BCUT2D eigenvalue weighted by atomic mass is 9.96. The average molecular weight is 347 g/mol. The van der Waals surface area contributed by atoms with Crippen LogP contribution in [0.25, 0.3) is 0 Å². The first-order chi connectivity index (χ1) is 9.58. The molecule has 0 N–H and O–H groups in total. The van der Waals surface area contributed by atoms with Crippen LogP contribution in [-0.4, -0.2) is 36.6 Å². The Kier molecular flexibility index (Phi) is 5.79. The predicted octanol–water partition coefficient (Wildman–Crippen LogP) is 4.04. The third kappa shape index (κ3) is 2.76. The van der Waals surface area contributed by atoms with E-state index in [1.165, 1.54) is 0 Å². The van der Waals surface area contributed by atoms with Crippen molar-refractivity contribution in [1.29, 1.82) is 0 Å². The quantitative estimate of drug-likeness (QED) is 0.715. The fourth-order valence-corrected chi connectivity index (χ4v) is 6.33. The van der Waals surface area contributed by atoms with Gasteiger partial charge in [-0.1, -0.05) is 0 Å². The lowest BCUT2D eigenvalue weighted by molar-refractivity contribution is -0.115. The summed E-state index contributed by atoms with van der Waals surface area (Å²) in [6.45, 7) is 0. The van der Waals surface area contributed by atoms with E-state index >= 15 is 0 Å². The molecule has 2 aliphatic carbocycles. The van der Waals surface area contributed by atoms with Crippen LogP contribution in [0.4, 0.5) is 0 Å². The molecule has 2 aliphatic rings. The number of Topliss-reactive ketones (excluding diaryl/α,β-unsaturated/α-hetero) is 2. The van der Waals surface area contributed by atoms with Crippen molar-refractivity contribution in [1.82, 2.24) is 0 Å². The molecule has 6 heteroatoms. The molecule has 2 nitrogen and oxygen atoms in total. The van der Waals surface area contributed by atoms with Crippen LogP contribution in [0.15, 0.2) is 19.6 Å². The van der Waals surface area contributed by atoms with E-state index in [0.717, 1.165) is 19.6 Å². The van der Waals surface area contributed by atoms with Crippen molar-refractivity contribution in [2.75, 3.05) is 25.0 Å². The van der Waals surface area contributed by atoms with Crippen LogP contribution in [0, 0.1) is 11.8 Å². The Hall–Kier alpha value is 0.220. The Labute approximate surface area is 137 Å². The molecule has 2 fully saturated rings. The van der Waals surface area contributed by atoms with E-state index in [-0.39, 0.29) is 23.4 Å². The maximum Gasteiger partial charge on any atom is 0.161 e. The number of rotatable bonds is 4. The SMILES string of the molecule is CSC(SC)=C1C(=O)C[C@H]2C(=C(SC)SC)C(=O)C[C@@H]12. The van der Waals surface area contributed by atoms with Crippen molar-refractivity contribution >= 4 is 58.6 Å². The summed E-state index contributed by atoms with van der Waals surface area (Å²) in [6.07, 6.45) is 9.03. The van der Waals surface area contributed by atoms with Gasteiger partial charge in [-0.15, -0.1) is 47.0 Å². The first-order valence-electron chi connectivity index (χ1n) is 6.29. The topological polar surface area (TPSA) is 34.1 Å². The fourth-order valence-electron chi connectivity index (χ4n) is 3.06. The van der Waals surface area contributed by atoms with Gasteiger partial charge >= 0.3 is 0 Å². The van der Waals surface area contributed by atoms with Gasteiger partial charge in [0.2, 0.25) is 0 Å². The van der Waals surface area contributed by atoms with E-state index in [2.05, 4.69) is 0 Å². The highest BCUT2D eigenvalue weighted by Crippen LogP contribution is 2.52. The van der Waals surface area contributed by atoms with Crippen molar-refractivity contribution in [3.8, 4) is 0 Å². The van der Waals surface area contributed by atoms with Crippen LogP contribution >= 0.6 is 47.0 Å². The summed E-state index contributed by atoms with van der Waals surface area (Å²) in [7, 11) is 0. The van der Waals surface area contributed by atoms with Gasteiger partial charge in [-0.2, -0.15) is 0 Å². The fraction of sp³-hybridized carbons (Fsp3) is 0.571. The average Bonchev–Trinajstić information content (AvgIpc) is 2.90. The Morgan fingerprint density at radius 3 is 1.30 bits per heavy atom. The first kappa shape index (κ1) is 16.6. The van der Waals surface area contributed by atoms with Crippen LogP contribution < -0.4 is 0 Å². The standard InChI is InChI=1S/C14H18O2S4/c1-17-13(18-2)11-7-5-10(16)12(14(19-3)20-4)8(7)6-9(11)15/h7-8H,5-6H2,1-4H3/t7-,8-/m1/s1. The minimum absolute atomic E-state index is 0.120. The second-order valence-corrected chi connectivity index (χ2v) is 8.47. The maximum absolute atomic E-state index is 12.4. The zero-order valence-corrected chi connectivity index (χ0v) is 15.3. The Bertz CT molecular complexity index is 449. The molecule has 0 bridgehead atoms. The number of hydrogen-bond donors (Lipinski definition) is 0. The smallest absolute Gasteiger partial charge is 0.161 e. The van der Waals surface area contributed by atoms with Crippen LogP contribution in [0.5, 0.6) is 0 Å². The first-order valence-corrected chi connectivity index (χ1v) is 11.2. The van der Waals surface area contributed by atoms with Crippen LogP contribution in [0.1, 0.15) is 12.8 Å². The minimum Gasteiger partial charge on any atom is -0.294 e. The molecule has 0 amide bonds. The molecule has 2 rings (SSSR count). The molecule has 0 radical (unpaired) electrons. The highest BCUT2D eigenvalue weighted by molar-refractivity contribution is 8.22. The second-order valence-electron chi connectivity index (χ2n) is 4.69. The van der Waals surface area contributed by atoms with Crippen molar-refractivity contribution in [2.24, 2.45) is 11.8 Å². The van der Waals surface area contributed by atoms with E-state index in [4.69, 9.17) is 0 Å². The summed E-state index contributed by atoms with van der Waals surface area (Å²) < 4.78 is 2.18. The molecule has 110 valence electrons. The molecule has 0 aliphatic heterocycles. The summed E-state index contributed by atoms with van der Waals surface area (Å²) in [5.41, 5.74) is 1.83. The Morgan fingerprint density at radius 2 is 1.05 bits per heavy atom. The van der Waals surface area contributed by atoms with Crippen LogP contribution in [0.2, 0.25) is 0 Å². The molecular formula is C14H18O2S4. The number of hydrogen-bond acceptors (Lipinski definition) is 6. The summed E-state index contributed by atoms with van der Waals surface area (Å²) in [5, 5.41) is 0. The van der Waals surface area contributed by atoms with Crippen molar-refractivity contribution < 1.29 is 9.59 Å². The molecule has 20 heavy (non-hydrogen) atoms. The Morgan fingerprint density at radius 1 is 0.750 bits per heavy atom. The number of allylic oxidation sites excluding steroid dienone is 2. The minimum atomic E-state index is 0.120. The van der Waals surface area contributed by atoms with Gasteiger partial charge in [0.15, 0.2) is 11.6 Å². The zero-order chi connectivity index (χ0) is 14.9. The van der Waals surface area contributed by atoms with Gasteiger partial charge in [-0.05, 0) is 25.0 Å². The van der Waals surface area contributed by atoms with E-state index < -0.39 is 0 Å². The molecular weight excluding hydrogens is 328 g/mol. The Balaban J connectivity index is 2.48. The van der Waals surface area contributed by atoms with Gasteiger partial charge < -0.3 is 0 Å². The maximum atomic E-state index is 12.4. The van der Waals surface area contributed by atoms with Gasteiger partial charge in [0.1, 0.15) is 0 Å². The van der Waals surface area contributed by atoms with Gasteiger partial charge in [0.25, 0.3) is 0 Å². The molecule has 2 saturated carbocycles. The summed E-state index contributed by atoms with van der Waals surface area (Å²) in [4.78, 5) is 24.7. The molecule has 0 unspecified atom stereocenters. The van der Waals surface area contributed by atoms with E-state index in [1.54, 1.807) is 47.0 Å². The third-order valence-corrected chi connectivity index (χ3v) is 8.18. The lowest BCUT2D eigenvalue weighted by Gasteiger charge is -2.13. The van der Waals surface area contributed by atoms with Gasteiger partial charge in [-0.25, -0.2) is 0 Å². The highest BCUT2D eigenvalue weighted by atomic mass is 32.2. The zero-order valence-electron chi connectivity index (χ0n) is 12.0. The van der Waals surface area contributed by atoms with Gasteiger partial charge in [0.05, 0.1) is 0 Å². The molecule has 0 aromatic rings. The molecule has 0 saturated heterocycles. The number of fused-ring (bicyclic) bond motifs is 1. The molecule has 0 aromatic carbocycles. The van der Waals surface area contributed by atoms with E-state index in [1.807, 2.05) is 25.0 Å². The van der Waals surface area contributed by atoms with Crippen molar-refractivity contribution in [2.45, 2.75) is 12.8 Å². The number of thioether (sulfide) groups is 4.